The van der Waals surface area contributed by atoms with Gasteiger partial charge in [-0.15, -0.1) is 11.3 Å². The molecule has 0 spiro atoms. The van der Waals surface area contributed by atoms with Gasteiger partial charge in [-0.05, 0) is 37.3 Å². The van der Waals surface area contributed by atoms with Gasteiger partial charge in [-0.1, -0.05) is 26.7 Å². The van der Waals surface area contributed by atoms with Gasteiger partial charge in [0.2, 0.25) is 0 Å². The molecule has 0 amide bonds. The standard InChI is InChI=1S/C14H21NS/c1-4-8-14(3,9-5-2)15-10-6-12-7-11-16-13(12)15/h6-7,10-11H,4-5,8-9H2,1-3H3. The molecule has 2 rings (SSSR count). The van der Waals surface area contributed by atoms with Crippen LogP contribution in [-0.2, 0) is 5.54 Å². The molecule has 1 nitrogen and oxygen atoms in total. The Hall–Kier alpha value is -0.760. The maximum Gasteiger partial charge on any atom is 0.103 e. The minimum atomic E-state index is 0.302. The van der Waals surface area contributed by atoms with Gasteiger partial charge in [-0.2, -0.15) is 0 Å². The first-order valence-corrected chi connectivity index (χ1v) is 7.14. The van der Waals surface area contributed by atoms with E-state index in [2.05, 4.69) is 49.0 Å². The lowest BCUT2D eigenvalue weighted by molar-refractivity contribution is 0.274. The highest BCUT2D eigenvalue weighted by atomic mass is 32.1. The number of nitrogens with zero attached hydrogens (tertiary/aromatic N) is 1. The maximum atomic E-state index is 2.50. The van der Waals surface area contributed by atoms with Crippen molar-refractivity contribution in [2.75, 3.05) is 0 Å². The lowest BCUT2D eigenvalue weighted by Crippen LogP contribution is -2.28. The van der Waals surface area contributed by atoms with Crippen molar-refractivity contribution in [3.8, 4) is 0 Å². The lowest BCUT2D eigenvalue weighted by Gasteiger charge is -2.31. The molecular weight excluding hydrogens is 214 g/mol. The highest BCUT2D eigenvalue weighted by Gasteiger charge is 2.25. The van der Waals surface area contributed by atoms with Gasteiger partial charge in [0.15, 0.2) is 0 Å². The monoisotopic (exact) mass is 235 g/mol. The summed E-state index contributed by atoms with van der Waals surface area (Å²) in [6.07, 6.45) is 7.31. The second-order valence-corrected chi connectivity index (χ2v) is 5.76. The number of aromatic nitrogens is 1. The molecule has 0 bridgehead atoms. The van der Waals surface area contributed by atoms with Crippen LogP contribution in [0.25, 0.3) is 10.2 Å². The Balaban J connectivity index is 2.43. The molecule has 2 aromatic rings. The summed E-state index contributed by atoms with van der Waals surface area (Å²) in [4.78, 5) is 1.43. The summed E-state index contributed by atoms with van der Waals surface area (Å²) in [6.45, 7) is 6.96. The van der Waals surface area contributed by atoms with Gasteiger partial charge in [0.25, 0.3) is 0 Å². The first-order valence-electron chi connectivity index (χ1n) is 6.26. The third-order valence-corrected chi connectivity index (χ3v) is 4.38. The van der Waals surface area contributed by atoms with Crippen LogP contribution in [0.3, 0.4) is 0 Å². The van der Waals surface area contributed by atoms with Crippen molar-refractivity contribution in [2.24, 2.45) is 0 Å². The molecule has 0 saturated carbocycles. The molecule has 0 aliphatic heterocycles. The van der Waals surface area contributed by atoms with Crippen LogP contribution in [0, 0.1) is 0 Å². The fourth-order valence-electron chi connectivity index (χ4n) is 2.72. The third kappa shape index (κ3) is 1.91. The van der Waals surface area contributed by atoms with Crippen LogP contribution >= 0.6 is 11.3 Å². The van der Waals surface area contributed by atoms with Crippen LogP contribution < -0.4 is 0 Å². The summed E-state index contributed by atoms with van der Waals surface area (Å²) in [5.41, 5.74) is 0.302. The molecule has 2 aromatic heterocycles. The van der Waals surface area contributed by atoms with E-state index in [1.165, 1.54) is 35.9 Å². The predicted octanol–water partition coefficient (Wildman–Crippen LogP) is 5.02. The van der Waals surface area contributed by atoms with Crippen molar-refractivity contribution < 1.29 is 0 Å². The zero-order valence-electron chi connectivity index (χ0n) is 10.5. The van der Waals surface area contributed by atoms with Gasteiger partial charge in [-0.3, -0.25) is 0 Å². The molecule has 0 aliphatic rings. The molecule has 0 N–H and O–H groups in total. The van der Waals surface area contributed by atoms with Crippen LogP contribution in [0.1, 0.15) is 46.5 Å². The molecule has 88 valence electrons. The summed E-state index contributed by atoms with van der Waals surface area (Å²) in [7, 11) is 0. The van der Waals surface area contributed by atoms with E-state index < -0.39 is 0 Å². The van der Waals surface area contributed by atoms with E-state index in [1.807, 2.05) is 11.3 Å². The normalized spacial score (nSPS) is 12.4. The zero-order chi connectivity index (χ0) is 11.6. The number of hydrogen-bond donors (Lipinski definition) is 0. The molecule has 0 radical (unpaired) electrons. The first-order chi connectivity index (χ1) is 7.71. The Morgan fingerprint density at radius 3 is 2.50 bits per heavy atom. The van der Waals surface area contributed by atoms with Crippen molar-refractivity contribution in [2.45, 2.75) is 52.0 Å². The smallest absolute Gasteiger partial charge is 0.103 e. The molecule has 2 heterocycles. The average molecular weight is 235 g/mol. The molecule has 16 heavy (non-hydrogen) atoms. The quantitative estimate of drug-likeness (QED) is 0.686. The van der Waals surface area contributed by atoms with Crippen molar-refractivity contribution in [1.29, 1.82) is 0 Å². The van der Waals surface area contributed by atoms with E-state index in [9.17, 15) is 0 Å². The second kappa shape index (κ2) is 4.62. The number of rotatable bonds is 5. The second-order valence-electron chi connectivity index (χ2n) is 4.86. The van der Waals surface area contributed by atoms with E-state index in [0.717, 1.165) is 0 Å². The Kier molecular flexibility index (Phi) is 3.38. The summed E-state index contributed by atoms with van der Waals surface area (Å²) < 4.78 is 2.50. The molecule has 0 aromatic carbocycles. The summed E-state index contributed by atoms with van der Waals surface area (Å²) in [5, 5.41) is 3.59. The molecular formula is C14H21NS. The summed E-state index contributed by atoms with van der Waals surface area (Å²) in [5.74, 6) is 0. The van der Waals surface area contributed by atoms with Crippen LogP contribution in [0.5, 0.6) is 0 Å². The highest BCUT2D eigenvalue weighted by Crippen LogP contribution is 2.34. The van der Waals surface area contributed by atoms with Gasteiger partial charge < -0.3 is 4.57 Å². The van der Waals surface area contributed by atoms with E-state index >= 15 is 0 Å². The largest absolute Gasteiger partial charge is 0.334 e. The predicted molar refractivity (Wildman–Crippen MR) is 73.3 cm³/mol. The molecule has 0 unspecified atom stereocenters. The maximum absolute atomic E-state index is 2.50. The van der Waals surface area contributed by atoms with Crippen molar-refractivity contribution in [3.05, 3.63) is 23.7 Å². The average Bonchev–Trinajstić information content (AvgIpc) is 2.78. The topological polar surface area (TPSA) is 4.93 Å². The first kappa shape index (κ1) is 11.7. The van der Waals surface area contributed by atoms with Gasteiger partial charge in [0.05, 0.1) is 0 Å². The van der Waals surface area contributed by atoms with E-state index in [4.69, 9.17) is 0 Å². The van der Waals surface area contributed by atoms with Crippen molar-refractivity contribution >= 4 is 21.6 Å². The van der Waals surface area contributed by atoms with Crippen molar-refractivity contribution in [3.63, 3.8) is 0 Å². The molecule has 0 saturated heterocycles. The summed E-state index contributed by atoms with van der Waals surface area (Å²) >= 11 is 1.86. The molecule has 0 aliphatic carbocycles. The SMILES string of the molecule is CCCC(C)(CCC)n1ccc2ccsc21. The Morgan fingerprint density at radius 1 is 1.19 bits per heavy atom. The highest BCUT2D eigenvalue weighted by molar-refractivity contribution is 7.16. The Labute approximate surface area is 102 Å². The van der Waals surface area contributed by atoms with Gasteiger partial charge >= 0.3 is 0 Å². The van der Waals surface area contributed by atoms with Crippen LogP contribution in [-0.4, -0.2) is 4.57 Å². The Morgan fingerprint density at radius 2 is 1.88 bits per heavy atom. The van der Waals surface area contributed by atoms with E-state index in [-0.39, 0.29) is 0 Å². The summed E-state index contributed by atoms with van der Waals surface area (Å²) in [6, 6.07) is 4.46. The number of thiophene rings is 1. The van der Waals surface area contributed by atoms with Gasteiger partial charge in [0.1, 0.15) is 4.83 Å². The number of hydrogen-bond acceptors (Lipinski definition) is 1. The van der Waals surface area contributed by atoms with Crippen LogP contribution in [0.15, 0.2) is 23.7 Å². The molecule has 0 atom stereocenters. The molecule has 2 heteroatoms. The molecule has 0 fully saturated rings. The lowest BCUT2D eigenvalue weighted by atomic mass is 9.90. The van der Waals surface area contributed by atoms with Crippen LogP contribution in [0.2, 0.25) is 0 Å². The fraction of sp³-hybridized carbons (Fsp3) is 0.571. The number of fused-ring (bicyclic) bond motifs is 1. The minimum absolute atomic E-state index is 0.302. The fourth-order valence-corrected chi connectivity index (χ4v) is 3.74. The van der Waals surface area contributed by atoms with Gasteiger partial charge in [0, 0.05) is 17.1 Å². The minimum Gasteiger partial charge on any atom is -0.334 e. The van der Waals surface area contributed by atoms with E-state index in [1.54, 1.807) is 0 Å². The Bertz CT molecular complexity index is 446. The van der Waals surface area contributed by atoms with Gasteiger partial charge in [-0.25, -0.2) is 0 Å². The third-order valence-electron chi connectivity index (χ3n) is 3.45. The van der Waals surface area contributed by atoms with Crippen molar-refractivity contribution in [1.82, 2.24) is 4.57 Å². The zero-order valence-corrected chi connectivity index (χ0v) is 11.3. The van der Waals surface area contributed by atoms with E-state index in [0.29, 0.717) is 5.54 Å². The van der Waals surface area contributed by atoms with Crippen LogP contribution in [0.4, 0.5) is 0 Å².